The van der Waals surface area contributed by atoms with Crippen molar-refractivity contribution >= 4 is 44.8 Å². The summed E-state index contributed by atoms with van der Waals surface area (Å²) in [5.41, 5.74) is 6.71. The predicted octanol–water partition coefficient (Wildman–Crippen LogP) is 4.77. The van der Waals surface area contributed by atoms with Gasteiger partial charge in [0.2, 0.25) is 11.6 Å². The van der Waals surface area contributed by atoms with Gasteiger partial charge in [0.1, 0.15) is 6.33 Å². The van der Waals surface area contributed by atoms with Crippen LogP contribution in [0.3, 0.4) is 0 Å². The first-order valence-corrected chi connectivity index (χ1v) is 9.82. The third-order valence-corrected chi connectivity index (χ3v) is 4.77. The van der Waals surface area contributed by atoms with E-state index in [1.165, 1.54) is 6.33 Å². The zero-order valence-electron chi connectivity index (χ0n) is 16.2. The molecule has 0 radical (unpaired) electrons. The average molecular weight is 471 g/mol. The van der Waals surface area contributed by atoms with Crippen LogP contribution in [-0.2, 0) is 0 Å². The second kappa shape index (κ2) is 9.31. The maximum Gasteiger partial charge on any atom is 0.355 e. The maximum absolute atomic E-state index is 12.3. The summed E-state index contributed by atoms with van der Waals surface area (Å²) in [6.45, 7) is 4.16. The molecule has 3 rings (SSSR count). The van der Waals surface area contributed by atoms with E-state index in [9.17, 15) is 14.9 Å². The van der Waals surface area contributed by atoms with Gasteiger partial charge < -0.3 is 5.32 Å². The highest BCUT2D eigenvalue weighted by molar-refractivity contribution is 9.10. The Bertz CT molecular complexity index is 1060. The van der Waals surface area contributed by atoms with Crippen LogP contribution in [0.1, 0.15) is 35.7 Å². The van der Waals surface area contributed by atoms with E-state index in [1.54, 1.807) is 24.3 Å². The number of aromatic nitrogens is 2. The Morgan fingerprint density at radius 1 is 1.03 bits per heavy atom. The molecular weight excluding hydrogens is 452 g/mol. The molecule has 0 aliphatic heterocycles. The van der Waals surface area contributed by atoms with E-state index in [0.717, 1.165) is 10.0 Å². The van der Waals surface area contributed by atoms with E-state index in [0.29, 0.717) is 17.2 Å². The Balaban J connectivity index is 1.79. The molecule has 154 valence electrons. The number of hydrazine groups is 1. The molecular formula is C20H19BrN6O3. The van der Waals surface area contributed by atoms with Crippen LogP contribution < -0.4 is 16.2 Å². The summed E-state index contributed by atoms with van der Waals surface area (Å²) in [7, 11) is 0. The van der Waals surface area contributed by atoms with Crippen LogP contribution >= 0.6 is 15.9 Å². The molecule has 0 bridgehead atoms. The van der Waals surface area contributed by atoms with Crippen molar-refractivity contribution in [2.45, 2.75) is 19.8 Å². The van der Waals surface area contributed by atoms with Gasteiger partial charge in [-0.25, -0.2) is 9.97 Å². The highest BCUT2D eigenvalue weighted by Gasteiger charge is 2.23. The van der Waals surface area contributed by atoms with Crippen LogP contribution in [0.2, 0.25) is 0 Å². The number of carbonyl (C=O) groups is 1. The first-order valence-electron chi connectivity index (χ1n) is 9.03. The van der Waals surface area contributed by atoms with Gasteiger partial charge in [-0.1, -0.05) is 41.9 Å². The zero-order valence-corrected chi connectivity index (χ0v) is 17.8. The van der Waals surface area contributed by atoms with Crippen molar-refractivity contribution in [3.63, 3.8) is 0 Å². The molecule has 0 fully saturated rings. The first kappa shape index (κ1) is 21.2. The molecule has 0 atom stereocenters. The van der Waals surface area contributed by atoms with E-state index in [-0.39, 0.29) is 17.3 Å². The fourth-order valence-corrected chi connectivity index (χ4v) is 2.88. The fraction of sp³-hybridized carbons (Fsp3) is 0.150. The van der Waals surface area contributed by atoms with Gasteiger partial charge >= 0.3 is 5.69 Å². The summed E-state index contributed by atoms with van der Waals surface area (Å²) in [5.74, 6) is -0.221. The van der Waals surface area contributed by atoms with E-state index in [4.69, 9.17) is 0 Å². The minimum Gasteiger partial charge on any atom is -0.334 e. The number of nitro groups is 1. The number of amides is 1. The molecule has 1 amide bonds. The van der Waals surface area contributed by atoms with Crippen LogP contribution in [0.5, 0.6) is 0 Å². The molecule has 3 N–H and O–H groups in total. The van der Waals surface area contributed by atoms with Crippen molar-refractivity contribution in [2.24, 2.45) is 0 Å². The van der Waals surface area contributed by atoms with E-state index < -0.39 is 10.8 Å². The standard InChI is InChI=1S/C20H19BrN6O3/c1-12(2)13-5-9-16(10-6-13)24-18-17(27(29)30)19(23-11-22-18)25-26-20(28)14-3-7-15(21)8-4-14/h3-12H,1-2H3,(H,26,28)(H2,22,23,24,25). The highest BCUT2D eigenvalue weighted by atomic mass is 79.9. The van der Waals surface area contributed by atoms with Gasteiger partial charge in [-0.3, -0.25) is 25.8 Å². The quantitative estimate of drug-likeness (QED) is 0.335. The SMILES string of the molecule is CC(C)c1ccc(Nc2ncnc(NNC(=O)c3ccc(Br)cc3)c2[N+](=O)[O-])cc1. The van der Waals surface area contributed by atoms with E-state index >= 15 is 0 Å². The number of hydrogen-bond donors (Lipinski definition) is 3. The zero-order chi connectivity index (χ0) is 21.7. The lowest BCUT2D eigenvalue weighted by molar-refractivity contribution is -0.383. The van der Waals surface area contributed by atoms with Crippen LogP contribution in [0, 0.1) is 10.1 Å². The summed E-state index contributed by atoms with van der Waals surface area (Å²) < 4.78 is 0.829. The van der Waals surface area contributed by atoms with Crippen LogP contribution in [-0.4, -0.2) is 20.8 Å². The largest absolute Gasteiger partial charge is 0.355 e. The van der Waals surface area contributed by atoms with Gasteiger partial charge in [0.15, 0.2) is 0 Å². The maximum atomic E-state index is 12.3. The predicted molar refractivity (Wildman–Crippen MR) is 118 cm³/mol. The van der Waals surface area contributed by atoms with Gasteiger partial charge in [-0.15, -0.1) is 0 Å². The number of nitrogens with zero attached hydrogens (tertiary/aromatic N) is 3. The first-order chi connectivity index (χ1) is 14.3. The van der Waals surface area contributed by atoms with Crippen molar-refractivity contribution in [1.29, 1.82) is 0 Å². The molecule has 9 nitrogen and oxygen atoms in total. The average Bonchev–Trinajstić information content (AvgIpc) is 2.72. The third kappa shape index (κ3) is 5.09. The molecule has 0 saturated carbocycles. The molecule has 0 aliphatic rings. The number of hydrogen-bond acceptors (Lipinski definition) is 7. The normalized spacial score (nSPS) is 10.5. The van der Waals surface area contributed by atoms with Gasteiger partial charge in [0, 0.05) is 15.7 Å². The number of benzene rings is 2. The Morgan fingerprint density at radius 2 is 1.67 bits per heavy atom. The number of anilines is 3. The third-order valence-electron chi connectivity index (χ3n) is 4.25. The Hall–Kier alpha value is -3.53. The summed E-state index contributed by atoms with van der Waals surface area (Å²) in [6, 6.07) is 14.2. The lowest BCUT2D eigenvalue weighted by atomic mass is 10.0. The fourth-order valence-electron chi connectivity index (χ4n) is 2.61. The van der Waals surface area contributed by atoms with Crippen LogP contribution in [0.4, 0.5) is 23.0 Å². The highest BCUT2D eigenvalue weighted by Crippen LogP contribution is 2.31. The van der Waals surface area contributed by atoms with E-state index in [2.05, 4.69) is 55.9 Å². The molecule has 10 heteroatoms. The molecule has 0 spiro atoms. The van der Waals surface area contributed by atoms with Crippen molar-refractivity contribution in [2.75, 3.05) is 10.7 Å². The Kier molecular flexibility index (Phi) is 6.58. The summed E-state index contributed by atoms with van der Waals surface area (Å²) in [5, 5.41) is 14.6. The summed E-state index contributed by atoms with van der Waals surface area (Å²) in [4.78, 5) is 31.2. The van der Waals surface area contributed by atoms with Crippen molar-refractivity contribution in [3.05, 3.63) is 80.6 Å². The lowest BCUT2D eigenvalue weighted by Crippen LogP contribution is -2.30. The second-order valence-electron chi connectivity index (χ2n) is 6.66. The molecule has 1 heterocycles. The molecule has 3 aromatic rings. The Morgan fingerprint density at radius 3 is 2.27 bits per heavy atom. The van der Waals surface area contributed by atoms with E-state index in [1.807, 2.05) is 24.3 Å². The molecule has 30 heavy (non-hydrogen) atoms. The lowest BCUT2D eigenvalue weighted by Gasteiger charge is -2.12. The second-order valence-corrected chi connectivity index (χ2v) is 7.58. The number of carbonyl (C=O) groups excluding carboxylic acids is 1. The summed E-state index contributed by atoms with van der Waals surface area (Å²) in [6.07, 6.45) is 1.17. The number of rotatable bonds is 7. The van der Waals surface area contributed by atoms with Crippen LogP contribution in [0.25, 0.3) is 0 Å². The number of nitrogens with one attached hydrogen (secondary N) is 3. The van der Waals surface area contributed by atoms with Crippen molar-refractivity contribution in [3.8, 4) is 0 Å². The molecule has 0 aliphatic carbocycles. The van der Waals surface area contributed by atoms with Gasteiger partial charge in [0.25, 0.3) is 5.91 Å². The van der Waals surface area contributed by atoms with Crippen molar-refractivity contribution < 1.29 is 9.72 Å². The smallest absolute Gasteiger partial charge is 0.334 e. The molecule has 1 aromatic heterocycles. The molecule has 0 unspecified atom stereocenters. The Labute approximate surface area is 181 Å². The van der Waals surface area contributed by atoms with Crippen LogP contribution in [0.15, 0.2) is 59.3 Å². The topological polar surface area (TPSA) is 122 Å². The van der Waals surface area contributed by atoms with Gasteiger partial charge in [-0.2, -0.15) is 0 Å². The minimum atomic E-state index is -0.612. The van der Waals surface area contributed by atoms with Gasteiger partial charge in [-0.05, 0) is 47.9 Å². The minimum absolute atomic E-state index is 0.00712. The molecule has 0 saturated heterocycles. The number of halogens is 1. The molecule has 2 aromatic carbocycles. The van der Waals surface area contributed by atoms with Crippen molar-refractivity contribution in [1.82, 2.24) is 15.4 Å². The summed E-state index contributed by atoms with van der Waals surface area (Å²) >= 11 is 3.30. The monoisotopic (exact) mass is 470 g/mol. The van der Waals surface area contributed by atoms with Gasteiger partial charge in [0.05, 0.1) is 4.92 Å².